The molecule has 0 saturated heterocycles. The van der Waals surface area contributed by atoms with Crippen LogP contribution in [0.3, 0.4) is 0 Å². The first-order chi connectivity index (χ1) is 15.6. The van der Waals surface area contributed by atoms with Gasteiger partial charge in [0.25, 0.3) is 5.91 Å². The number of nitrogens with zero attached hydrogens (tertiary/aromatic N) is 3. The van der Waals surface area contributed by atoms with Crippen molar-refractivity contribution in [1.29, 1.82) is 0 Å². The van der Waals surface area contributed by atoms with Crippen molar-refractivity contribution in [3.8, 4) is 17.1 Å². The average molecular weight is 450 g/mol. The third-order valence-electron chi connectivity index (χ3n) is 4.66. The number of nitrogens with one attached hydrogen (secondary N) is 2. The highest BCUT2D eigenvalue weighted by Gasteiger charge is 2.18. The van der Waals surface area contributed by atoms with Gasteiger partial charge in [0.1, 0.15) is 5.69 Å². The second-order valence-corrected chi connectivity index (χ2v) is 7.35. The Morgan fingerprint density at radius 1 is 1.03 bits per heavy atom. The number of carbonyl (C=O) groups excluding carboxylic acids is 2. The molecule has 2 amide bonds. The van der Waals surface area contributed by atoms with Gasteiger partial charge in [0.05, 0.1) is 12.0 Å². The Labute approximate surface area is 189 Å². The molecule has 0 fully saturated rings. The minimum atomic E-state index is -0.382. The van der Waals surface area contributed by atoms with E-state index in [4.69, 9.17) is 16.0 Å². The number of furan rings is 1. The molecule has 9 heteroatoms. The van der Waals surface area contributed by atoms with Crippen LogP contribution in [-0.2, 0) is 11.3 Å². The smallest absolute Gasteiger partial charge is 0.271 e. The van der Waals surface area contributed by atoms with Crippen molar-refractivity contribution in [3.63, 3.8) is 0 Å². The van der Waals surface area contributed by atoms with Crippen molar-refractivity contribution in [2.24, 2.45) is 0 Å². The zero-order valence-electron chi connectivity index (χ0n) is 17.0. The molecule has 4 rings (SSSR count). The van der Waals surface area contributed by atoms with Crippen molar-refractivity contribution in [2.75, 3.05) is 6.54 Å². The van der Waals surface area contributed by atoms with Crippen LogP contribution in [0.5, 0.6) is 0 Å². The summed E-state index contributed by atoms with van der Waals surface area (Å²) in [6, 6.07) is 15.9. The third-order valence-corrected chi connectivity index (χ3v) is 4.92. The number of amides is 2. The maximum absolute atomic E-state index is 12.6. The van der Waals surface area contributed by atoms with E-state index in [2.05, 4.69) is 20.7 Å². The Morgan fingerprint density at radius 2 is 1.81 bits per heavy atom. The Kier molecular flexibility index (Phi) is 6.62. The molecule has 3 aromatic heterocycles. The normalized spacial score (nSPS) is 10.7. The Balaban J connectivity index is 1.39. The molecule has 3 heterocycles. The van der Waals surface area contributed by atoms with Gasteiger partial charge in [-0.15, -0.1) is 0 Å². The largest absolute Gasteiger partial charge is 0.463 e. The first-order valence-electron chi connectivity index (χ1n) is 9.94. The number of pyridine rings is 1. The molecule has 0 unspecified atom stereocenters. The highest BCUT2D eigenvalue weighted by Crippen LogP contribution is 2.25. The van der Waals surface area contributed by atoms with Gasteiger partial charge in [-0.25, -0.2) is 4.68 Å². The van der Waals surface area contributed by atoms with Crippen LogP contribution in [0.2, 0.25) is 5.02 Å². The average Bonchev–Trinajstić information content (AvgIpc) is 3.49. The SMILES string of the molecule is O=C(CCNC(=O)c1cc(-c2ccco2)n(-c2ccc(Cl)cc2)n1)NCc1ccncc1. The molecular formula is C23H20ClN5O3. The van der Waals surface area contributed by atoms with E-state index < -0.39 is 0 Å². The molecule has 1 aromatic carbocycles. The van der Waals surface area contributed by atoms with Crippen LogP contribution >= 0.6 is 11.6 Å². The highest BCUT2D eigenvalue weighted by atomic mass is 35.5. The molecule has 8 nitrogen and oxygen atoms in total. The summed E-state index contributed by atoms with van der Waals surface area (Å²) in [6.07, 6.45) is 5.04. The monoisotopic (exact) mass is 449 g/mol. The van der Waals surface area contributed by atoms with Gasteiger partial charge in [-0.05, 0) is 54.1 Å². The van der Waals surface area contributed by atoms with Gasteiger partial charge in [-0.2, -0.15) is 5.10 Å². The summed E-state index contributed by atoms with van der Waals surface area (Å²) in [5.74, 6) is 0.0273. The summed E-state index contributed by atoms with van der Waals surface area (Å²) >= 11 is 5.99. The van der Waals surface area contributed by atoms with E-state index in [1.54, 1.807) is 65.8 Å². The summed E-state index contributed by atoms with van der Waals surface area (Å²) in [6.45, 7) is 0.595. The summed E-state index contributed by atoms with van der Waals surface area (Å²) in [5, 5.41) is 10.6. The van der Waals surface area contributed by atoms with Crippen LogP contribution in [0.15, 0.2) is 77.7 Å². The fourth-order valence-corrected chi connectivity index (χ4v) is 3.17. The third kappa shape index (κ3) is 5.22. The van der Waals surface area contributed by atoms with Crippen LogP contribution in [0, 0.1) is 0 Å². The summed E-state index contributed by atoms with van der Waals surface area (Å²) in [4.78, 5) is 28.6. The fourth-order valence-electron chi connectivity index (χ4n) is 3.04. The molecule has 0 spiro atoms. The molecule has 0 aliphatic rings. The summed E-state index contributed by atoms with van der Waals surface area (Å²) in [7, 11) is 0. The van der Waals surface area contributed by atoms with E-state index in [1.807, 2.05) is 12.1 Å². The maximum Gasteiger partial charge on any atom is 0.271 e. The zero-order chi connectivity index (χ0) is 22.3. The van der Waals surface area contributed by atoms with E-state index in [1.165, 1.54) is 0 Å². The topological polar surface area (TPSA) is 102 Å². The first kappa shape index (κ1) is 21.3. The Hall–Kier alpha value is -3.91. The second kappa shape index (κ2) is 9.93. The lowest BCUT2D eigenvalue weighted by molar-refractivity contribution is -0.121. The molecule has 0 bridgehead atoms. The summed E-state index contributed by atoms with van der Waals surface area (Å²) < 4.78 is 7.12. The molecule has 162 valence electrons. The number of aromatic nitrogens is 3. The molecule has 32 heavy (non-hydrogen) atoms. The molecule has 0 radical (unpaired) electrons. The summed E-state index contributed by atoms with van der Waals surface area (Å²) in [5.41, 5.74) is 2.52. The zero-order valence-corrected chi connectivity index (χ0v) is 17.7. The Bertz CT molecular complexity index is 1190. The standard InChI is InChI=1S/C23H20ClN5O3/c24-17-3-5-18(6-4-17)29-20(21-2-1-13-32-21)14-19(28-29)23(31)26-12-9-22(30)27-15-16-7-10-25-11-8-16/h1-8,10-11,13-14H,9,12,15H2,(H,26,31)(H,27,30). The number of hydrogen-bond acceptors (Lipinski definition) is 5. The van der Waals surface area contributed by atoms with Crippen molar-refractivity contribution in [1.82, 2.24) is 25.4 Å². The predicted molar refractivity (Wildman–Crippen MR) is 119 cm³/mol. The van der Waals surface area contributed by atoms with E-state index in [9.17, 15) is 9.59 Å². The van der Waals surface area contributed by atoms with Gasteiger partial charge < -0.3 is 15.1 Å². The molecule has 0 saturated carbocycles. The van der Waals surface area contributed by atoms with E-state index in [-0.39, 0.29) is 30.5 Å². The predicted octanol–water partition coefficient (Wildman–Crippen LogP) is 3.62. The number of benzene rings is 1. The lowest BCUT2D eigenvalue weighted by Gasteiger charge is -2.06. The molecule has 4 aromatic rings. The molecule has 0 aliphatic carbocycles. The van der Waals surface area contributed by atoms with E-state index >= 15 is 0 Å². The quantitative estimate of drug-likeness (QED) is 0.427. The maximum atomic E-state index is 12.6. The van der Waals surface area contributed by atoms with Gasteiger partial charge in [-0.1, -0.05) is 11.6 Å². The van der Waals surface area contributed by atoms with Crippen LogP contribution < -0.4 is 10.6 Å². The number of carbonyl (C=O) groups is 2. The lowest BCUT2D eigenvalue weighted by atomic mass is 10.2. The van der Waals surface area contributed by atoms with Gasteiger partial charge in [-0.3, -0.25) is 14.6 Å². The van der Waals surface area contributed by atoms with Crippen molar-refractivity contribution >= 4 is 23.4 Å². The molecule has 2 N–H and O–H groups in total. The minimum absolute atomic E-state index is 0.153. The molecule has 0 aliphatic heterocycles. The van der Waals surface area contributed by atoms with Gasteiger partial charge in [0.15, 0.2) is 11.5 Å². The molecule has 0 atom stereocenters. The fraction of sp³-hybridized carbons (Fsp3) is 0.130. The second-order valence-electron chi connectivity index (χ2n) is 6.92. The van der Waals surface area contributed by atoms with Gasteiger partial charge in [0, 0.05) is 43.0 Å². The lowest BCUT2D eigenvalue weighted by Crippen LogP contribution is -2.30. The van der Waals surface area contributed by atoms with Crippen LogP contribution in [0.25, 0.3) is 17.1 Å². The van der Waals surface area contributed by atoms with E-state index in [0.29, 0.717) is 23.0 Å². The first-order valence-corrected chi connectivity index (χ1v) is 10.3. The minimum Gasteiger partial charge on any atom is -0.463 e. The van der Waals surface area contributed by atoms with Crippen molar-refractivity contribution in [2.45, 2.75) is 13.0 Å². The van der Waals surface area contributed by atoms with Crippen molar-refractivity contribution in [3.05, 3.63) is 89.5 Å². The number of halogens is 1. The van der Waals surface area contributed by atoms with Crippen molar-refractivity contribution < 1.29 is 14.0 Å². The van der Waals surface area contributed by atoms with Crippen LogP contribution in [0.4, 0.5) is 0 Å². The van der Waals surface area contributed by atoms with Crippen LogP contribution in [0.1, 0.15) is 22.5 Å². The molecular weight excluding hydrogens is 430 g/mol. The highest BCUT2D eigenvalue weighted by molar-refractivity contribution is 6.30. The number of rotatable bonds is 8. The van der Waals surface area contributed by atoms with Crippen LogP contribution in [-0.4, -0.2) is 33.1 Å². The number of hydrogen-bond donors (Lipinski definition) is 2. The van der Waals surface area contributed by atoms with E-state index in [0.717, 1.165) is 11.3 Å². The van der Waals surface area contributed by atoms with Gasteiger partial charge in [0.2, 0.25) is 5.91 Å². The Morgan fingerprint density at radius 3 is 2.53 bits per heavy atom. The van der Waals surface area contributed by atoms with Gasteiger partial charge >= 0.3 is 0 Å².